The number of rotatable bonds is 6. The van der Waals surface area contributed by atoms with E-state index < -0.39 is 18.5 Å². The lowest BCUT2D eigenvalue weighted by Crippen LogP contribution is -2.22. The van der Waals surface area contributed by atoms with E-state index in [1.165, 1.54) is 0 Å². The number of amides is 1. The zero-order valence-corrected chi connectivity index (χ0v) is 15.8. The van der Waals surface area contributed by atoms with Crippen molar-refractivity contribution in [2.45, 2.75) is 0 Å². The summed E-state index contributed by atoms with van der Waals surface area (Å²) in [5.74, 6) is -1.49. The Hall–Kier alpha value is -4.26. The molecule has 0 aliphatic carbocycles. The van der Waals surface area contributed by atoms with Crippen molar-refractivity contribution in [2.75, 3.05) is 11.9 Å². The number of para-hydroxylation sites is 2. The number of H-pyrrole nitrogens is 1. The molecule has 0 radical (unpaired) electrons. The first kappa shape index (κ1) is 19.1. The Labute approximate surface area is 171 Å². The highest BCUT2D eigenvalue weighted by atomic mass is 16.5. The zero-order chi connectivity index (χ0) is 20.9. The molecule has 30 heavy (non-hydrogen) atoms. The van der Waals surface area contributed by atoms with Gasteiger partial charge in [-0.05, 0) is 18.2 Å². The molecule has 0 atom stereocenters. The van der Waals surface area contributed by atoms with Gasteiger partial charge in [-0.1, -0.05) is 60.7 Å². The monoisotopic (exact) mass is 399 g/mol. The van der Waals surface area contributed by atoms with Crippen LogP contribution in [0.3, 0.4) is 0 Å². The number of anilines is 1. The zero-order valence-electron chi connectivity index (χ0n) is 15.8. The van der Waals surface area contributed by atoms with E-state index in [0.29, 0.717) is 27.7 Å². The molecule has 4 aromatic rings. The summed E-state index contributed by atoms with van der Waals surface area (Å²) >= 11 is 0. The predicted octanol–water partition coefficient (Wildman–Crippen LogP) is 3.59. The molecule has 3 aromatic carbocycles. The molecule has 1 amide bonds. The van der Waals surface area contributed by atoms with E-state index in [2.05, 4.69) is 15.5 Å². The van der Waals surface area contributed by atoms with Crippen molar-refractivity contribution in [1.82, 2.24) is 10.2 Å². The molecule has 0 saturated carbocycles. The van der Waals surface area contributed by atoms with Crippen molar-refractivity contribution in [2.24, 2.45) is 0 Å². The Morgan fingerprint density at radius 1 is 0.867 bits per heavy atom. The molecule has 7 nitrogen and oxygen atoms in total. The molecule has 0 aliphatic rings. The lowest BCUT2D eigenvalue weighted by Gasteiger charge is -2.10. The van der Waals surface area contributed by atoms with Gasteiger partial charge in [0.2, 0.25) is 0 Å². The summed E-state index contributed by atoms with van der Waals surface area (Å²) in [7, 11) is 0. The van der Waals surface area contributed by atoms with Gasteiger partial charge in [0.1, 0.15) is 0 Å². The van der Waals surface area contributed by atoms with Crippen molar-refractivity contribution in [3.8, 4) is 0 Å². The van der Waals surface area contributed by atoms with Crippen molar-refractivity contribution >= 4 is 34.3 Å². The van der Waals surface area contributed by atoms with Gasteiger partial charge in [-0.3, -0.25) is 14.7 Å². The number of esters is 1. The molecule has 0 aliphatic heterocycles. The van der Waals surface area contributed by atoms with Gasteiger partial charge in [-0.25, -0.2) is 4.79 Å². The van der Waals surface area contributed by atoms with Gasteiger partial charge in [-0.2, -0.15) is 5.10 Å². The fourth-order valence-corrected chi connectivity index (χ4v) is 3.04. The fourth-order valence-electron chi connectivity index (χ4n) is 3.04. The van der Waals surface area contributed by atoms with Gasteiger partial charge >= 0.3 is 5.97 Å². The van der Waals surface area contributed by atoms with Crippen LogP contribution < -0.4 is 5.32 Å². The highest BCUT2D eigenvalue weighted by Crippen LogP contribution is 2.20. The van der Waals surface area contributed by atoms with E-state index in [-0.39, 0.29) is 11.5 Å². The smallest absolute Gasteiger partial charge is 0.359 e. The first-order valence-electron chi connectivity index (χ1n) is 9.22. The maximum Gasteiger partial charge on any atom is 0.359 e. The summed E-state index contributed by atoms with van der Waals surface area (Å²) in [6.45, 7) is -0.506. The van der Waals surface area contributed by atoms with E-state index in [1.54, 1.807) is 66.7 Å². The molecule has 0 bridgehead atoms. The van der Waals surface area contributed by atoms with Crippen LogP contribution >= 0.6 is 0 Å². The summed E-state index contributed by atoms with van der Waals surface area (Å²) in [5.41, 5.74) is 2.01. The van der Waals surface area contributed by atoms with Gasteiger partial charge in [0, 0.05) is 16.5 Å². The van der Waals surface area contributed by atoms with Crippen LogP contribution in [-0.2, 0) is 9.53 Å². The third-order valence-corrected chi connectivity index (χ3v) is 4.48. The SMILES string of the molecule is O=C(COC(=O)c1n[nH]c2ccccc12)Nc1ccccc1C(=O)c1ccccc1. The van der Waals surface area contributed by atoms with Crippen LogP contribution in [0.2, 0.25) is 0 Å². The van der Waals surface area contributed by atoms with E-state index >= 15 is 0 Å². The first-order chi connectivity index (χ1) is 14.6. The number of aromatic amines is 1. The Balaban J connectivity index is 1.43. The van der Waals surface area contributed by atoms with Gasteiger partial charge < -0.3 is 10.1 Å². The van der Waals surface area contributed by atoms with Crippen molar-refractivity contribution in [3.63, 3.8) is 0 Å². The molecule has 0 saturated heterocycles. The summed E-state index contributed by atoms with van der Waals surface area (Å²) in [6.07, 6.45) is 0. The van der Waals surface area contributed by atoms with E-state index in [9.17, 15) is 14.4 Å². The highest BCUT2D eigenvalue weighted by Gasteiger charge is 2.18. The number of benzene rings is 3. The average Bonchev–Trinajstić information content (AvgIpc) is 3.22. The number of fused-ring (bicyclic) bond motifs is 1. The van der Waals surface area contributed by atoms with Crippen molar-refractivity contribution < 1.29 is 19.1 Å². The maximum absolute atomic E-state index is 12.7. The van der Waals surface area contributed by atoms with Gasteiger partial charge in [0.05, 0.1) is 11.2 Å². The number of ether oxygens (including phenoxy) is 1. The predicted molar refractivity (Wildman–Crippen MR) is 111 cm³/mol. The number of hydrogen-bond acceptors (Lipinski definition) is 5. The molecule has 148 valence electrons. The highest BCUT2D eigenvalue weighted by molar-refractivity contribution is 6.14. The van der Waals surface area contributed by atoms with E-state index in [4.69, 9.17) is 4.74 Å². The van der Waals surface area contributed by atoms with Crippen molar-refractivity contribution in [3.05, 3.63) is 95.7 Å². The quantitative estimate of drug-likeness (QED) is 0.381. The molecular formula is C23H17N3O4. The number of aromatic nitrogens is 2. The topological polar surface area (TPSA) is 101 Å². The van der Waals surface area contributed by atoms with Gasteiger partial charge in [0.25, 0.3) is 5.91 Å². The lowest BCUT2D eigenvalue weighted by molar-refractivity contribution is -0.119. The van der Waals surface area contributed by atoms with E-state index in [0.717, 1.165) is 0 Å². The van der Waals surface area contributed by atoms with Crippen LogP contribution in [-0.4, -0.2) is 34.5 Å². The normalized spacial score (nSPS) is 10.5. The average molecular weight is 399 g/mol. The van der Waals surface area contributed by atoms with Crippen LogP contribution in [0.5, 0.6) is 0 Å². The number of carbonyl (C=O) groups is 3. The number of ketones is 1. The fraction of sp³-hybridized carbons (Fsp3) is 0.0435. The van der Waals surface area contributed by atoms with Crippen LogP contribution in [0.25, 0.3) is 10.9 Å². The number of nitrogens with one attached hydrogen (secondary N) is 2. The molecule has 2 N–H and O–H groups in total. The molecule has 4 rings (SSSR count). The Kier molecular flexibility index (Phi) is 5.34. The van der Waals surface area contributed by atoms with Crippen LogP contribution in [0, 0.1) is 0 Å². The minimum absolute atomic E-state index is 0.109. The second kappa shape index (κ2) is 8.40. The van der Waals surface area contributed by atoms with Gasteiger partial charge in [-0.15, -0.1) is 0 Å². The molecule has 1 heterocycles. The lowest BCUT2D eigenvalue weighted by atomic mass is 10.0. The molecule has 0 spiro atoms. The third kappa shape index (κ3) is 3.95. The Bertz CT molecular complexity index is 1230. The number of hydrogen-bond donors (Lipinski definition) is 2. The van der Waals surface area contributed by atoms with Crippen molar-refractivity contribution in [1.29, 1.82) is 0 Å². The molecular weight excluding hydrogens is 382 g/mol. The first-order valence-corrected chi connectivity index (χ1v) is 9.22. The summed E-state index contributed by atoms with van der Waals surface area (Å²) in [4.78, 5) is 37.4. The Morgan fingerprint density at radius 3 is 2.40 bits per heavy atom. The minimum atomic E-state index is -0.712. The van der Waals surface area contributed by atoms with Crippen LogP contribution in [0.4, 0.5) is 5.69 Å². The molecule has 7 heteroatoms. The van der Waals surface area contributed by atoms with Crippen LogP contribution in [0.1, 0.15) is 26.4 Å². The Morgan fingerprint density at radius 2 is 1.57 bits per heavy atom. The minimum Gasteiger partial charge on any atom is -0.451 e. The standard InChI is InChI=1S/C23H17N3O4/c27-20(14-30-23(29)21-16-10-4-7-13-19(16)25-26-21)24-18-12-6-5-11-17(18)22(28)15-8-2-1-3-9-15/h1-13H,14H2,(H,24,27)(H,25,26). The second-order valence-electron chi connectivity index (χ2n) is 6.48. The van der Waals surface area contributed by atoms with E-state index in [1.807, 2.05) is 12.1 Å². The second-order valence-corrected chi connectivity index (χ2v) is 6.48. The van der Waals surface area contributed by atoms with Crippen LogP contribution in [0.15, 0.2) is 78.9 Å². The maximum atomic E-state index is 12.7. The third-order valence-electron chi connectivity index (χ3n) is 4.48. The number of carbonyl (C=O) groups excluding carboxylic acids is 3. The molecule has 0 unspecified atom stereocenters. The van der Waals surface area contributed by atoms with Gasteiger partial charge in [0.15, 0.2) is 18.1 Å². The molecule has 1 aromatic heterocycles. The summed E-state index contributed by atoms with van der Waals surface area (Å²) in [5, 5.41) is 9.94. The summed E-state index contributed by atoms with van der Waals surface area (Å²) < 4.78 is 5.10. The number of nitrogens with zero attached hydrogens (tertiary/aromatic N) is 1. The molecule has 0 fully saturated rings. The largest absolute Gasteiger partial charge is 0.451 e. The summed E-state index contributed by atoms with van der Waals surface area (Å²) in [6, 6.07) is 22.6.